The van der Waals surface area contributed by atoms with E-state index in [2.05, 4.69) is 45.7 Å². The standard InChI is InChI=1S/C12H24O2Si.C6H10O2/c1-8-11(13)10(2)9-14-15(6,7)12(3,4)5;1-3-6(8)5(2)4-7/h1,10-11,13H,9H2,2-7H3;1,5-8H,4H2,2H3/t10-,11+;5-,6+/m00/s1. The Bertz CT molecular complexity index is 401. The first-order chi connectivity index (χ1) is 10.3. The van der Waals surface area contributed by atoms with E-state index < -0.39 is 20.5 Å². The van der Waals surface area contributed by atoms with Gasteiger partial charge in [-0.15, -0.1) is 12.8 Å². The van der Waals surface area contributed by atoms with Gasteiger partial charge in [0.1, 0.15) is 12.2 Å². The van der Waals surface area contributed by atoms with Gasteiger partial charge in [-0.25, -0.2) is 0 Å². The van der Waals surface area contributed by atoms with Crippen LogP contribution >= 0.6 is 0 Å². The van der Waals surface area contributed by atoms with Gasteiger partial charge in [0.05, 0.1) is 0 Å². The fourth-order valence-corrected chi connectivity index (χ4v) is 2.19. The highest BCUT2D eigenvalue weighted by Crippen LogP contribution is 2.36. The van der Waals surface area contributed by atoms with Crippen LogP contribution in [-0.2, 0) is 4.43 Å². The molecule has 0 radical (unpaired) electrons. The normalized spacial score (nSPS) is 16.9. The largest absolute Gasteiger partial charge is 0.416 e. The van der Waals surface area contributed by atoms with Gasteiger partial charge in [-0.1, -0.05) is 46.5 Å². The molecule has 0 aliphatic rings. The minimum atomic E-state index is -1.71. The van der Waals surface area contributed by atoms with E-state index in [4.69, 9.17) is 27.5 Å². The lowest BCUT2D eigenvalue weighted by atomic mass is 10.1. The molecule has 0 bridgehead atoms. The molecule has 4 atom stereocenters. The van der Waals surface area contributed by atoms with Gasteiger partial charge < -0.3 is 19.7 Å². The molecule has 134 valence electrons. The van der Waals surface area contributed by atoms with E-state index in [1.807, 2.05) is 6.92 Å². The van der Waals surface area contributed by atoms with Crippen LogP contribution in [0, 0.1) is 36.5 Å². The Hall–Kier alpha value is -0.823. The fraction of sp³-hybridized carbons (Fsp3) is 0.778. The minimum Gasteiger partial charge on any atom is -0.416 e. The maximum absolute atomic E-state index is 9.43. The zero-order chi connectivity index (χ0) is 18.8. The number of terminal acetylenes is 2. The second kappa shape index (κ2) is 10.9. The van der Waals surface area contributed by atoms with Crippen LogP contribution in [0.2, 0.25) is 18.1 Å². The van der Waals surface area contributed by atoms with Crippen LogP contribution in [0.5, 0.6) is 0 Å². The quantitative estimate of drug-likeness (QED) is 0.511. The van der Waals surface area contributed by atoms with Gasteiger partial charge in [0, 0.05) is 25.0 Å². The molecule has 0 amide bonds. The van der Waals surface area contributed by atoms with E-state index in [0.29, 0.717) is 6.61 Å². The summed E-state index contributed by atoms with van der Waals surface area (Å²) >= 11 is 0. The number of aliphatic hydroxyl groups excluding tert-OH is 3. The summed E-state index contributed by atoms with van der Waals surface area (Å²) in [7, 11) is -1.71. The van der Waals surface area contributed by atoms with E-state index in [1.165, 1.54) is 0 Å². The van der Waals surface area contributed by atoms with Crippen LogP contribution in [-0.4, -0.2) is 49.1 Å². The third-order valence-electron chi connectivity index (χ3n) is 4.22. The summed E-state index contributed by atoms with van der Waals surface area (Å²) < 4.78 is 5.96. The molecule has 4 nitrogen and oxygen atoms in total. The summed E-state index contributed by atoms with van der Waals surface area (Å²) in [5.41, 5.74) is 0. The van der Waals surface area contributed by atoms with Gasteiger partial charge in [-0.3, -0.25) is 0 Å². The first-order valence-corrected chi connectivity index (χ1v) is 10.8. The third kappa shape index (κ3) is 9.81. The fourth-order valence-electron chi connectivity index (χ4n) is 1.08. The Morgan fingerprint density at radius 2 is 1.39 bits per heavy atom. The molecule has 0 rings (SSSR count). The second-order valence-electron chi connectivity index (χ2n) is 7.43. The summed E-state index contributed by atoms with van der Waals surface area (Å²) in [4.78, 5) is 0. The van der Waals surface area contributed by atoms with Crippen molar-refractivity contribution < 1.29 is 19.7 Å². The first-order valence-electron chi connectivity index (χ1n) is 7.87. The average molecular weight is 343 g/mol. The molecule has 0 aliphatic heterocycles. The van der Waals surface area contributed by atoms with Gasteiger partial charge in [-0.2, -0.15) is 0 Å². The van der Waals surface area contributed by atoms with Crippen LogP contribution in [0.1, 0.15) is 34.6 Å². The molecular formula is C18H34O4Si. The zero-order valence-corrected chi connectivity index (χ0v) is 16.6. The number of hydrogen-bond donors (Lipinski definition) is 3. The number of hydrogen-bond acceptors (Lipinski definition) is 4. The first kappa shape index (κ1) is 24.4. The summed E-state index contributed by atoms with van der Waals surface area (Å²) in [5.74, 6) is 4.24. The van der Waals surface area contributed by atoms with Gasteiger partial charge in [0.25, 0.3) is 0 Å². The molecule has 0 fully saturated rings. The summed E-state index contributed by atoms with van der Waals surface area (Å²) in [6.45, 7) is 15.1. The predicted octanol–water partition coefficient (Wildman–Crippen LogP) is 2.25. The topological polar surface area (TPSA) is 69.9 Å². The Morgan fingerprint density at radius 3 is 1.65 bits per heavy atom. The maximum atomic E-state index is 9.43. The third-order valence-corrected chi connectivity index (χ3v) is 8.72. The lowest BCUT2D eigenvalue weighted by Gasteiger charge is -2.37. The Kier molecular flexibility index (Phi) is 11.5. The van der Waals surface area contributed by atoms with E-state index in [9.17, 15) is 5.11 Å². The highest BCUT2D eigenvalue weighted by Gasteiger charge is 2.37. The van der Waals surface area contributed by atoms with Crippen molar-refractivity contribution in [3.8, 4) is 24.7 Å². The Morgan fingerprint density at radius 1 is 1.00 bits per heavy atom. The van der Waals surface area contributed by atoms with Crippen molar-refractivity contribution in [3.05, 3.63) is 0 Å². The predicted molar refractivity (Wildman–Crippen MR) is 98.2 cm³/mol. The van der Waals surface area contributed by atoms with Crippen LogP contribution < -0.4 is 0 Å². The van der Waals surface area contributed by atoms with Crippen molar-refractivity contribution in [2.24, 2.45) is 11.8 Å². The Labute approximate surface area is 143 Å². The molecule has 0 aromatic rings. The molecule has 0 aromatic carbocycles. The summed E-state index contributed by atoms with van der Waals surface area (Å²) in [6.07, 6.45) is 8.49. The van der Waals surface area contributed by atoms with Gasteiger partial charge in [-0.05, 0) is 18.1 Å². The lowest BCUT2D eigenvalue weighted by molar-refractivity contribution is 0.118. The molecule has 23 heavy (non-hydrogen) atoms. The van der Waals surface area contributed by atoms with Crippen molar-refractivity contribution in [3.63, 3.8) is 0 Å². The lowest BCUT2D eigenvalue weighted by Crippen LogP contribution is -2.42. The maximum Gasteiger partial charge on any atom is 0.191 e. The van der Waals surface area contributed by atoms with Gasteiger partial charge in [0.15, 0.2) is 8.32 Å². The minimum absolute atomic E-state index is 0.00382. The van der Waals surface area contributed by atoms with E-state index in [0.717, 1.165) is 0 Å². The molecule has 0 aliphatic carbocycles. The molecule has 0 saturated carbocycles. The van der Waals surface area contributed by atoms with Crippen molar-refractivity contribution >= 4 is 8.32 Å². The zero-order valence-electron chi connectivity index (χ0n) is 15.6. The van der Waals surface area contributed by atoms with E-state index >= 15 is 0 Å². The number of rotatable bonds is 6. The molecule has 0 heterocycles. The van der Waals surface area contributed by atoms with E-state index in [-0.39, 0.29) is 23.5 Å². The average Bonchev–Trinajstić information content (AvgIpc) is 2.49. The molecule has 5 heteroatoms. The second-order valence-corrected chi connectivity index (χ2v) is 12.2. The molecular weight excluding hydrogens is 308 g/mol. The van der Waals surface area contributed by atoms with Crippen molar-refractivity contribution in [1.29, 1.82) is 0 Å². The van der Waals surface area contributed by atoms with Crippen molar-refractivity contribution in [2.45, 2.75) is 65.0 Å². The highest BCUT2D eigenvalue weighted by atomic mass is 28.4. The van der Waals surface area contributed by atoms with E-state index in [1.54, 1.807) is 6.92 Å². The monoisotopic (exact) mass is 342 g/mol. The Balaban J connectivity index is 0. The molecule has 0 aromatic heterocycles. The molecule has 0 unspecified atom stereocenters. The van der Waals surface area contributed by atoms with Crippen LogP contribution in [0.25, 0.3) is 0 Å². The highest BCUT2D eigenvalue weighted by molar-refractivity contribution is 6.74. The van der Waals surface area contributed by atoms with Gasteiger partial charge in [0.2, 0.25) is 0 Å². The van der Waals surface area contributed by atoms with Crippen LogP contribution in [0.4, 0.5) is 0 Å². The van der Waals surface area contributed by atoms with Crippen LogP contribution in [0.3, 0.4) is 0 Å². The smallest absolute Gasteiger partial charge is 0.191 e. The molecule has 3 N–H and O–H groups in total. The molecule has 0 spiro atoms. The van der Waals surface area contributed by atoms with Crippen molar-refractivity contribution in [1.82, 2.24) is 0 Å². The van der Waals surface area contributed by atoms with Gasteiger partial charge >= 0.3 is 0 Å². The SMILES string of the molecule is C#C[C@@H](O)[C@@H](C)CO.C#C[C@@H](O)[C@@H](C)CO[Si](C)(C)C(C)(C)C. The van der Waals surface area contributed by atoms with Crippen molar-refractivity contribution in [2.75, 3.05) is 13.2 Å². The van der Waals surface area contributed by atoms with Crippen LogP contribution in [0.15, 0.2) is 0 Å². The number of aliphatic hydroxyl groups is 3. The summed E-state index contributed by atoms with van der Waals surface area (Å²) in [5, 5.41) is 26.7. The molecule has 0 saturated heterocycles. The summed E-state index contributed by atoms with van der Waals surface area (Å²) in [6, 6.07) is 0.